The van der Waals surface area contributed by atoms with Crippen molar-refractivity contribution in [2.45, 2.75) is 156 Å². The number of aliphatic hydroxyl groups is 2. The second kappa shape index (κ2) is 47.6. The number of Topliss-reactive ketones (excluding diaryl/α,β-unsaturated/α-hetero) is 1. The van der Waals surface area contributed by atoms with Crippen LogP contribution in [0.15, 0.2) is 64.8 Å². The summed E-state index contributed by atoms with van der Waals surface area (Å²) in [4.78, 5) is 27.7. The molecular weight excluding hydrogens is 1060 g/mol. The van der Waals surface area contributed by atoms with E-state index in [0.717, 1.165) is 18.5 Å². The van der Waals surface area contributed by atoms with Gasteiger partial charge in [0.2, 0.25) is 6.04 Å². The van der Waals surface area contributed by atoms with E-state index in [1.807, 2.05) is 85.7 Å². The van der Waals surface area contributed by atoms with Gasteiger partial charge in [0.25, 0.3) is 5.91 Å². The number of ketones is 1. The Labute approximate surface area is 489 Å². The Morgan fingerprint density at radius 1 is 0.439 bits per heavy atom. The van der Waals surface area contributed by atoms with Crippen molar-refractivity contribution in [1.82, 2.24) is 0 Å². The lowest BCUT2D eigenvalue weighted by molar-refractivity contribution is -0.126. The van der Waals surface area contributed by atoms with Crippen LogP contribution >= 0.6 is 0 Å². The van der Waals surface area contributed by atoms with Gasteiger partial charge in [0, 0.05) is 24.5 Å². The van der Waals surface area contributed by atoms with E-state index in [-0.39, 0.29) is 74.3 Å². The molecular formula is C60H104N4O18. The Bertz CT molecular complexity index is 1810. The Morgan fingerprint density at radius 3 is 1.12 bits per heavy atom. The van der Waals surface area contributed by atoms with Crippen molar-refractivity contribution in [2.24, 2.45) is 10.2 Å². The Morgan fingerprint density at radius 2 is 0.768 bits per heavy atom. The number of hydrogen-bond acceptors (Lipinski definition) is 21. The van der Waals surface area contributed by atoms with Crippen molar-refractivity contribution in [3.63, 3.8) is 0 Å². The number of hydrogen-bond donors (Lipinski definition) is 3. The molecule has 0 heterocycles. The molecule has 0 fully saturated rings. The minimum Gasteiger partial charge on any atom is -0.394 e. The summed E-state index contributed by atoms with van der Waals surface area (Å²) >= 11 is 0. The van der Waals surface area contributed by atoms with E-state index in [9.17, 15) is 9.59 Å². The third kappa shape index (κ3) is 39.0. The van der Waals surface area contributed by atoms with Gasteiger partial charge in [-0.2, -0.15) is 10.2 Å². The highest BCUT2D eigenvalue weighted by molar-refractivity contribution is 6.10. The zero-order chi connectivity index (χ0) is 60.2. The average Bonchev–Trinajstić information content (AvgIpc) is 3.50. The van der Waals surface area contributed by atoms with Crippen molar-refractivity contribution in [3.05, 3.63) is 54.6 Å². The lowest BCUT2D eigenvalue weighted by Gasteiger charge is -2.28. The van der Waals surface area contributed by atoms with Crippen molar-refractivity contribution >= 4 is 28.8 Å². The summed E-state index contributed by atoms with van der Waals surface area (Å²) in [5.74, 6) is -0.971. The number of nitrogens with zero attached hydrogens (tertiary/aromatic N) is 3. The van der Waals surface area contributed by atoms with Crippen molar-refractivity contribution in [2.75, 3.05) is 155 Å². The van der Waals surface area contributed by atoms with Gasteiger partial charge in [0.1, 0.15) is 0 Å². The molecule has 11 atom stereocenters. The van der Waals surface area contributed by atoms with E-state index in [1.165, 1.54) is 6.92 Å². The second-order valence-corrected chi connectivity index (χ2v) is 20.6. The number of azo groups is 1. The highest BCUT2D eigenvalue weighted by Crippen LogP contribution is 2.23. The number of benzene rings is 2. The molecule has 1 amide bonds. The van der Waals surface area contributed by atoms with E-state index in [1.54, 1.807) is 24.3 Å². The van der Waals surface area contributed by atoms with Crippen LogP contribution in [0.2, 0.25) is 0 Å². The fraction of sp³-hybridized carbons (Fsp3) is 0.767. The van der Waals surface area contributed by atoms with Crippen LogP contribution in [-0.4, -0.2) is 234 Å². The zero-order valence-electron chi connectivity index (χ0n) is 51.3. The molecule has 2 rings (SSSR count). The van der Waals surface area contributed by atoms with E-state index in [4.69, 9.17) is 76.5 Å². The highest BCUT2D eigenvalue weighted by Gasteiger charge is 2.24. The number of aliphatic hydroxyl groups excluding tert-OH is 2. The predicted molar refractivity (Wildman–Crippen MR) is 314 cm³/mol. The van der Waals surface area contributed by atoms with Gasteiger partial charge in [0.15, 0.2) is 5.78 Å². The lowest BCUT2D eigenvalue weighted by atomic mass is 10.2. The number of carbonyl (C=O) groups is 2. The van der Waals surface area contributed by atoms with Crippen LogP contribution in [0.25, 0.3) is 0 Å². The number of carbonyl (C=O) groups excluding carboxylic acids is 2. The van der Waals surface area contributed by atoms with E-state index >= 15 is 0 Å². The van der Waals surface area contributed by atoms with Crippen LogP contribution in [-0.2, 0) is 75.9 Å². The van der Waals surface area contributed by atoms with Gasteiger partial charge in [-0.1, -0.05) is 18.2 Å². The summed E-state index contributed by atoms with van der Waals surface area (Å²) in [7, 11) is 0. The van der Waals surface area contributed by atoms with Gasteiger partial charge in [-0.15, -0.1) is 0 Å². The Balaban J connectivity index is 1.85. The van der Waals surface area contributed by atoms with Crippen LogP contribution in [0.5, 0.6) is 0 Å². The molecule has 0 saturated carbocycles. The van der Waals surface area contributed by atoms with Gasteiger partial charge in [-0.05, 0) is 125 Å². The standard InChI is InChI=1S/C60H104N4O18/c1-45(75-39-49(5)79-43-53(9)81-41-51(7)77-37-47(3)73-35-33-71-31-29-69-27-25-65)21-23-64(58-19-17-57(18-20-58)62-63-59(55(11)67)60(68)61-56-15-13-12-14-16-56)24-22-46(2)76-40-50(6)80-44-54(10)82-42-52(8)78-38-48(4)74-36-34-72-32-30-70-28-26-66/h12-20,45-54,59,65-66H,21-44H2,1-11H3,(H,61,68). The maximum Gasteiger partial charge on any atom is 0.258 e. The normalized spacial score (nSPS) is 16.0. The molecule has 472 valence electrons. The SMILES string of the molecule is CC(=O)C(N=Nc1ccc(N(CCC(C)OCC(C)OCC(C)OCC(C)OCC(C)OCCOCCOCCO)CCC(C)OCC(C)OCC(C)OCC(C)OCC(C)OCCOCCOCCO)cc1)C(=O)Nc1ccccc1. The number of anilines is 2. The molecule has 2 aromatic rings. The van der Waals surface area contributed by atoms with E-state index in [0.29, 0.717) is 143 Å². The smallest absolute Gasteiger partial charge is 0.258 e. The number of rotatable bonds is 54. The van der Waals surface area contributed by atoms with E-state index in [2.05, 4.69) is 34.3 Å². The molecule has 11 unspecified atom stereocenters. The number of nitrogens with one attached hydrogen (secondary N) is 1. The summed E-state index contributed by atoms with van der Waals surface area (Å²) in [6.45, 7) is 30.1. The molecule has 0 aromatic heterocycles. The summed E-state index contributed by atoms with van der Waals surface area (Å²) in [5, 5.41) is 28.7. The number of ether oxygens (including phenoxy) is 14. The fourth-order valence-electron chi connectivity index (χ4n) is 7.29. The number of para-hydroxylation sites is 1. The minimum absolute atomic E-state index is 0.00117. The summed E-state index contributed by atoms with van der Waals surface area (Å²) in [6, 6.07) is 15.2. The molecule has 22 nitrogen and oxygen atoms in total. The molecule has 0 spiro atoms. The average molecular weight is 1170 g/mol. The van der Waals surface area contributed by atoms with Crippen molar-refractivity contribution < 1.29 is 86.1 Å². The fourth-order valence-corrected chi connectivity index (χ4v) is 7.29. The quantitative estimate of drug-likeness (QED) is 0.0341. The molecule has 0 aliphatic rings. The largest absolute Gasteiger partial charge is 0.394 e. The second-order valence-electron chi connectivity index (χ2n) is 20.6. The molecule has 0 bridgehead atoms. The molecule has 2 aromatic carbocycles. The van der Waals surface area contributed by atoms with Crippen LogP contribution in [0.3, 0.4) is 0 Å². The number of amides is 1. The van der Waals surface area contributed by atoms with Crippen LogP contribution < -0.4 is 10.2 Å². The first-order valence-electron chi connectivity index (χ1n) is 29.3. The molecule has 82 heavy (non-hydrogen) atoms. The van der Waals surface area contributed by atoms with Gasteiger partial charge in [0.05, 0.1) is 199 Å². The van der Waals surface area contributed by atoms with Gasteiger partial charge >= 0.3 is 0 Å². The summed E-state index contributed by atoms with van der Waals surface area (Å²) < 4.78 is 81.5. The zero-order valence-corrected chi connectivity index (χ0v) is 51.3. The van der Waals surface area contributed by atoms with Crippen LogP contribution in [0, 0.1) is 0 Å². The van der Waals surface area contributed by atoms with Crippen LogP contribution in [0.1, 0.15) is 89.0 Å². The predicted octanol–water partition coefficient (Wildman–Crippen LogP) is 7.06. The highest BCUT2D eigenvalue weighted by atomic mass is 16.6. The van der Waals surface area contributed by atoms with Gasteiger partial charge < -0.3 is 86.7 Å². The van der Waals surface area contributed by atoms with Gasteiger partial charge in [-0.3, -0.25) is 9.59 Å². The maximum absolute atomic E-state index is 13.0. The summed E-state index contributed by atoms with van der Waals surface area (Å²) in [5.41, 5.74) is 2.03. The van der Waals surface area contributed by atoms with E-state index < -0.39 is 17.7 Å². The first-order valence-corrected chi connectivity index (χ1v) is 29.3. The Kier molecular flexibility index (Phi) is 43.2. The monoisotopic (exact) mass is 1170 g/mol. The third-order valence-corrected chi connectivity index (χ3v) is 12.2. The Hall–Kier alpha value is -3.66. The third-order valence-electron chi connectivity index (χ3n) is 12.2. The topological polar surface area (TPSA) is 244 Å². The summed E-state index contributed by atoms with van der Waals surface area (Å²) in [6.07, 6.45) is 0.303. The molecule has 0 radical (unpaired) electrons. The van der Waals surface area contributed by atoms with Crippen LogP contribution in [0.4, 0.5) is 17.1 Å². The lowest BCUT2D eigenvalue weighted by Crippen LogP contribution is -2.32. The molecule has 0 aliphatic heterocycles. The molecule has 3 N–H and O–H groups in total. The first-order chi connectivity index (χ1) is 39.5. The van der Waals surface area contributed by atoms with Crippen molar-refractivity contribution in [1.29, 1.82) is 0 Å². The van der Waals surface area contributed by atoms with Crippen molar-refractivity contribution in [3.8, 4) is 0 Å². The molecule has 0 aliphatic carbocycles. The molecule has 22 heteroatoms. The maximum atomic E-state index is 13.0. The molecule has 0 saturated heterocycles. The van der Waals surface area contributed by atoms with Gasteiger partial charge in [-0.25, -0.2) is 0 Å². The first kappa shape index (κ1) is 74.4. The minimum atomic E-state index is -1.29.